The molecule has 190 valence electrons. The van der Waals surface area contributed by atoms with Crippen molar-refractivity contribution in [1.29, 1.82) is 0 Å². The van der Waals surface area contributed by atoms with Gasteiger partial charge in [0.15, 0.2) is 0 Å². The van der Waals surface area contributed by atoms with Crippen LogP contribution in [-0.2, 0) is 73.3 Å². The van der Waals surface area contributed by atoms with Crippen LogP contribution in [-0.4, -0.2) is 44.6 Å². The number of thiocarbonyl (C=S) groups is 2. The molecule has 0 aliphatic heterocycles. The summed E-state index contributed by atoms with van der Waals surface area (Å²) in [5.74, 6) is 0. The predicted molar refractivity (Wildman–Crippen MR) is 156 cm³/mol. The fourth-order valence-electron chi connectivity index (χ4n) is 2.80. The van der Waals surface area contributed by atoms with E-state index < -0.39 is 0 Å². The summed E-state index contributed by atoms with van der Waals surface area (Å²) in [4.78, 5) is 4.35. The van der Waals surface area contributed by atoms with E-state index >= 15 is 0 Å². The number of rotatable bonds is 16. The molecule has 0 N–H and O–H groups in total. The molecule has 0 aromatic rings. The van der Waals surface area contributed by atoms with Crippen molar-refractivity contribution in [2.75, 3.05) is 26.2 Å². The molecule has 0 bridgehead atoms. The number of hydrogen-bond donors (Lipinski definition) is 0. The first-order valence-corrected chi connectivity index (χ1v) is 13.0. The Morgan fingerprint density at radius 3 is 0.839 bits per heavy atom. The van der Waals surface area contributed by atoms with Crippen LogP contribution in [0.3, 0.4) is 0 Å². The Hall–Kier alpha value is 1.61. The summed E-state index contributed by atoms with van der Waals surface area (Å²) in [6.07, 6.45) is 15.0. The van der Waals surface area contributed by atoms with E-state index in [2.05, 4.69) is 37.5 Å². The second-order valence-electron chi connectivity index (χ2n) is 7.33. The van der Waals surface area contributed by atoms with Gasteiger partial charge in [0.2, 0.25) is 0 Å². The van der Waals surface area contributed by atoms with Crippen molar-refractivity contribution in [3.8, 4) is 0 Å². The van der Waals surface area contributed by atoms with E-state index in [1.54, 1.807) is 0 Å². The molecule has 9 heteroatoms. The van der Waals surface area contributed by atoms with Crippen molar-refractivity contribution in [2.45, 2.75) is 105 Å². The molecule has 0 spiro atoms. The van der Waals surface area contributed by atoms with Crippen LogP contribution in [0.25, 0.3) is 0 Å². The molecule has 0 fully saturated rings. The largest absolute Gasteiger partial charge is 2.00 e. The van der Waals surface area contributed by atoms with Gasteiger partial charge < -0.3 is 86.5 Å². The number of unbranched alkanes of at least 4 members (excludes halogenated alkanes) is 8. The van der Waals surface area contributed by atoms with Gasteiger partial charge in [0.05, 0.1) is 0 Å². The van der Waals surface area contributed by atoms with Gasteiger partial charge in [-0.1, -0.05) is 87.7 Å². The fourth-order valence-corrected chi connectivity index (χ4v) is 3.53. The van der Waals surface area contributed by atoms with Crippen molar-refractivity contribution >= 4 is 85.3 Å². The molecular formula is C22H44MoN2S6-6. The molecule has 0 aliphatic rings. The van der Waals surface area contributed by atoms with Crippen LogP contribution in [0.1, 0.15) is 105 Å². The third kappa shape index (κ3) is 31.6. The zero-order valence-corrected chi connectivity index (χ0v) is 27.0. The standard InChI is InChI=1S/2C11H23NS2.Mo.2S/c2*1-3-5-7-9-12(11(13)14)10-8-6-4-2;;;/h2*3-10H2,1-2H3,(H,13,14);;;/q;;;2*-2/p-2. The summed E-state index contributed by atoms with van der Waals surface area (Å²) in [7, 11) is 0. The van der Waals surface area contributed by atoms with Gasteiger partial charge in [-0.05, 0) is 25.7 Å². The Kier molecular flexibility index (Phi) is 46.6. The SMILES string of the molecule is CCCCCN(CCCCC)C(=S)[S-].CCCCCN(CCCCC)C(=S)[S-].[Mo].[S-2].[S-2]. The van der Waals surface area contributed by atoms with Gasteiger partial charge in [-0.3, -0.25) is 0 Å². The van der Waals surface area contributed by atoms with Crippen molar-refractivity contribution in [3.05, 3.63) is 0 Å². The van der Waals surface area contributed by atoms with Gasteiger partial charge in [-0.2, -0.15) is 0 Å². The molecule has 0 unspecified atom stereocenters. The fraction of sp³-hybridized carbons (Fsp3) is 0.909. The second kappa shape index (κ2) is 33.8. The summed E-state index contributed by atoms with van der Waals surface area (Å²) >= 11 is 20.2. The third-order valence-electron chi connectivity index (χ3n) is 4.64. The molecule has 2 nitrogen and oxygen atoms in total. The molecule has 0 aromatic carbocycles. The summed E-state index contributed by atoms with van der Waals surface area (Å²) < 4.78 is 1.30. The van der Waals surface area contributed by atoms with Crippen LogP contribution in [0.4, 0.5) is 0 Å². The minimum atomic E-state index is 0. The number of nitrogens with zero attached hydrogens (tertiary/aromatic N) is 2. The monoisotopic (exact) mass is 626 g/mol. The molecule has 0 aliphatic carbocycles. The first kappa shape index (κ1) is 42.7. The topological polar surface area (TPSA) is 6.48 Å². The molecule has 0 aromatic heterocycles. The molecule has 0 saturated carbocycles. The molecular weight excluding hydrogens is 581 g/mol. The van der Waals surface area contributed by atoms with E-state index in [1.165, 1.54) is 77.0 Å². The quantitative estimate of drug-likeness (QED) is 0.0785. The smallest absolute Gasteiger partial charge is 0.0162 e. The van der Waals surface area contributed by atoms with Crippen LogP contribution >= 0.6 is 24.4 Å². The van der Waals surface area contributed by atoms with Crippen molar-refractivity contribution in [2.24, 2.45) is 0 Å². The molecule has 0 heterocycles. The van der Waals surface area contributed by atoms with Crippen LogP contribution in [0.15, 0.2) is 0 Å². The van der Waals surface area contributed by atoms with Crippen molar-refractivity contribution in [3.63, 3.8) is 0 Å². The van der Waals surface area contributed by atoms with E-state index in [9.17, 15) is 0 Å². The summed E-state index contributed by atoms with van der Waals surface area (Å²) in [6, 6.07) is 0. The Morgan fingerprint density at radius 1 is 0.516 bits per heavy atom. The van der Waals surface area contributed by atoms with E-state index in [1.807, 2.05) is 0 Å². The first-order valence-electron chi connectivity index (χ1n) is 11.4. The van der Waals surface area contributed by atoms with Gasteiger partial charge in [0.1, 0.15) is 0 Å². The zero-order chi connectivity index (χ0) is 21.6. The van der Waals surface area contributed by atoms with Gasteiger partial charge in [0.25, 0.3) is 0 Å². The molecule has 0 rings (SSSR count). The van der Waals surface area contributed by atoms with E-state index in [0.29, 0.717) is 8.64 Å². The third-order valence-corrected chi connectivity index (χ3v) is 5.68. The van der Waals surface area contributed by atoms with Crippen LogP contribution in [0, 0.1) is 0 Å². The minimum Gasteiger partial charge on any atom is -2.00 e. The zero-order valence-electron chi connectivity index (χ0n) is 20.1. The Balaban J connectivity index is -0.000000133. The van der Waals surface area contributed by atoms with Gasteiger partial charge >= 0.3 is 0 Å². The predicted octanol–water partition coefficient (Wildman–Crippen LogP) is 6.99. The van der Waals surface area contributed by atoms with Crippen LogP contribution in [0.2, 0.25) is 0 Å². The Bertz CT molecular complexity index is 322. The average molecular weight is 625 g/mol. The van der Waals surface area contributed by atoms with Gasteiger partial charge in [0, 0.05) is 47.2 Å². The van der Waals surface area contributed by atoms with Crippen molar-refractivity contribution < 1.29 is 21.1 Å². The summed E-state index contributed by atoms with van der Waals surface area (Å²) in [5, 5.41) is 0. The van der Waals surface area contributed by atoms with Crippen molar-refractivity contribution in [1.82, 2.24) is 9.80 Å². The first-order chi connectivity index (χ1) is 13.4. The molecule has 0 radical (unpaired) electrons. The Morgan fingerprint density at radius 2 is 0.710 bits per heavy atom. The van der Waals surface area contributed by atoms with E-state index in [0.717, 1.165) is 26.2 Å². The minimum absolute atomic E-state index is 0. The van der Waals surface area contributed by atoms with Gasteiger partial charge in [-0.25, -0.2) is 0 Å². The normalized spacial score (nSPS) is 9.16. The second-order valence-corrected chi connectivity index (χ2v) is 9.40. The average Bonchev–Trinajstić information content (AvgIpc) is 2.66. The number of hydrogen-bond acceptors (Lipinski definition) is 4. The molecule has 0 saturated heterocycles. The van der Waals surface area contributed by atoms with E-state index in [-0.39, 0.29) is 48.1 Å². The maximum atomic E-state index is 5.06. The maximum Gasteiger partial charge on any atom is 0.0162 e. The maximum absolute atomic E-state index is 5.06. The van der Waals surface area contributed by atoms with Crippen LogP contribution in [0.5, 0.6) is 0 Å². The van der Waals surface area contributed by atoms with Gasteiger partial charge in [-0.15, -0.1) is 0 Å². The molecule has 0 amide bonds. The summed E-state index contributed by atoms with van der Waals surface area (Å²) in [6.45, 7) is 13.1. The molecule has 31 heavy (non-hydrogen) atoms. The Labute approximate surface area is 245 Å². The molecule has 0 atom stereocenters. The summed E-state index contributed by atoms with van der Waals surface area (Å²) in [5.41, 5.74) is 0. The van der Waals surface area contributed by atoms with Crippen LogP contribution < -0.4 is 0 Å². The van der Waals surface area contributed by atoms with E-state index in [4.69, 9.17) is 49.7 Å².